The molecule has 0 spiro atoms. The van der Waals surface area contributed by atoms with Crippen molar-refractivity contribution in [1.82, 2.24) is 15.2 Å². The van der Waals surface area contributed by atoms with E-state index >= 15 is 0 Å². The quantitative estimate of drug-likeness (QED) is 0.673. The molecule has 2 aromatic carbocycles. The van der Waals surface area contributed by atoms with E-state index in [1.54, 1.807) is 11.3 Å². The average Bonchev–Trinajstić information content (AvgIpc) is 3.12. The number of nitrogens with one attached hydrogen (secondary N) is 1. The van der Waals surface area contributed by atoms with E-state index in [4.69, 9.17) is 0 Å². The fraction of sp³-hybridized carbons (Fsp3) is 0.273. The normalized spacial score (nSPS) is 12.1. The van der Waals surface area contributed by atoms with Crippen molar-refractivity contribution in [3.63, 3.8) is 0 Å². The van der Waals surface area contributed by atoms with Crippen LogP contribution in [0, 0.1) is 6.92 Å². The van der Waals surface area contributed by atoms with Crippen LogP contribution in [0.25, 0.3) is 10.6 Å². The SMILES string of the molecule is Cc1ccc(C(CNC(=O)Cc2csc(-c3ccccc3)n2)N(C)C)cc1. The topological polar surface area (TPSA) is 45.2 Å². The van der Waals surface area contributed by atoms with Crippen LogP contribution >= 0.6 is 11.3 Å². The molecule has 140 valence electrons. The maximum atomic E-state index is 12.4. The third-order valence-corrected chi connectivity index (χ3v) is 5.43. The van der Waals surface area contributed by atoms with Crippen LogP contribution in [-0.4, -0.2) is 36.4 Å². The van der Waals surface area contributed by atoms with Crippen molar-refractivity contribution in [2.24, 2.45) is 0 Å². The Morgan fingerprint density at radius 1 is 1.11 bits per heavy atom. The fourth-order valence-electron chi connectivity index (χ4n) is 2.93. The highest BCUT2D eigenvalue weighted by atomic mass is 32.1. The third-order valence-electron chi connectivity index (χ3n) is 4.49. The zero-order chi connectivity index (χ0) is 19.2. The van der Waals surface area contributed by atoms with Gasteiger partial charge < -0.3 is 10.2 Å². The first-order valence-electron chi connectivity index (χ1n) is 9.02. The number of aryl methyl sites for hydroxylation is 1. The van der Waals surface area contributed by atoms with Crippen LogP contribution < -0.4 is 5.32 Å². The summed E-state index contributed by atoms with van der Waals surface area (Å²) >= 11 is 1.57. The van der Waals surface area contributed by atoms with E-state index in [-0.39, 0.29) is 11.9 Å². The van der Waals surface area contributed by atoms with E-state index < -0.39 is 0 Å². The van der Waals surface area contributed by atoms with Gasteiger partial charge in [-0.3, -0.25) is 4.79 Å². The number of thiazole rings is 1. The Morgan fingerprint density at radius 3 is 2.48 bits per heavy atom. The van der Waals surface area contributed by atoms with Crippen molar-refractivity contribution < 1.29 is 4.79 Å². The predicted molar refractivity (Wildman–Crippen MR) is 112 cm³/mol. The molecule has 1 atom stereocenters. The van der Waals surface area contributed by atoms with Crippen LogP contribution in [0.5, 0.6) is 0 Å². The van der Waals surface area contributed by atoms with Gasteiger partial charge in [-0.15, -0.1) is 11.3 Å². The first-order valence-corrected chi connectivity index (χ1v) is 9.90. The number of likely N-dealkylation sites (N-methyl/N-ethyl adjacent to an activating group) is 1. The molecule has 4 nitrogen and oxygen atoms in total. The molecule has 27 heavy (non-hydrogen) atoms. The minimum atomic E-state index is -0.00104. The number of amides is 1. The zero-order valence-electron chi connectivity index (χ0n) is 16.0. The molecule has 0 aliphatic carbocycles. The summed E-state index contributed by atoms with van der Waals surface area (Å²) in [6.07, 6.45) is 0.303. The van der Waals surface area contributed by atoms with Crippen LogP contribution in [0.2, 0.25) is 0 Å². The molecule has 0 aliphatic heterocycles. The van der Waals surface area contributed by atoms with Crippen molar-refractivity contribution in [2.75, 3.05) is 20.6 Å². The molecule has 0 bridgehead atoms. The maximum absolute atomic E-state index is 12.4. The second-order valence-electron chi connectivity index (χ2n) is 6.88. The van der Waals surface area contributed by atoms with Crippen molar-refractivity contribution in [1.29, 1.82) is 0 Å². The number of carbonyl (C=O) groups is 1. The molecule has 5 heteroatoms. The van der Waals surface area contributed by atoms with Gasteiger partial charge in [0.15, 0.2) is 0 Å². The molecule has 3 rings (SSSR count). The van der Waals surface area contributed by atoms with Crippen LogP contribution in [0.4, 0.5) is 0 Å². The summed E-state index contributed by atoms with van der Waals surface area (Å²) in [4.78, 5) is 19.1. The molecule has 0 saturated carbocycles. The second kappa shape index (κ2) is 8.93. The van der Waals surface area contributed by atoms with Crippen molar-refractivity contribution in [2.45, 2.75) is 19.4 Å². The number of rotatable bonds is 7. The molecule has 0 aliphatic rings. The first kappa shape index (κ1) is 19.3. The van der Waals surface area contributed by atoms with E-state index in [0.29, 0.717) is 13.0 Å². The standard InChI is InChI=1S/C22H25N3OS/c1-16-9-11-17(12-10-16)20(25(2)3)14-23-21(26)13-19-15-27-22(24-19)18-7-5-4-6-8-18/h4-12,15,20H,13-14H2,1-3H3,(H,23,26). The number of carbonyl (C=O) groups excluding carboxylic acids is 1. The van der Waals surface area contributed by atoms with E-state index in [0.717, 1.165) is 16.3 Å². The van der Waals surface area contributed by atoms with Gasteiger partial charge in [0.1, 0.15) is 5.01 Å². The van der Waals surface area contributed by atoms with Gasteiger partial charge in [0.2, 0.25) is 5.91 Å². The van der Waals surface area contributed by atoms with E-state index in [1.807, 2.05) is 49.8 Å². The van der Waals surface area contributed by atoms with Gasteiger partial charge in [-0.05, 0) is 26.6 Å². The monoisotopic (exact) mass is 379 g/mol. The predicted octanol–water partition coefficient (Wildman–Crippen LogP) is 4.08. The summed E-state index contributed by atoms with van der Waals surface area (Å²) in [6.45, 7) is 2.65. The lowest BCUT2D eigenvalue weighted by molar-refractivity contribution is -0.120. The highest BCUT2D eigenvalue weighted by Crippen LogP contribution is 2.23. The highest BCUT2D eigenvalue weighted by molar-refractivity contribution is 7.13. The smallest absolute Gasteiger partial charge is 0.226 e. The van der Waals surface area contributed by atoms with Gasteiger partial charge in [0.05, 0.1) is 18.2 Å². The summed E-state index contributed by atoms with van der Waals surface area (Å²) in [5.74, 6) is -0.00104. The highest BCUT2D eigenvalue weighted by Gasteiger charge is 2.16. The Bertz CT molecular complexity index is 872. The summed E-state index contributed by atoms with van der Waals surface area (Å²) in [7, 11) is 4.06. The van der Waals surface area contributed by atoms with E-state index in [1.165, 1.54) is 11.1 Å². The van der Waals surface area contributed by atoms with Gasteiger partial charge in [0.25, 0.3) is 0 Å². The first-order chi connectivity index (χ1) is 13.0. The molecular formula is C22H25N3OS. The zero-order valence-corrected chi connectivity index (χ0v) is 16.8. The molecule has 0 fully saturated rings. The third kappa shape index (κ3) is 5.25. The number of aromatic nitrogens is 1. The Labute approximate surface area is 164 Å². The Balaban J connectivity index is 1.58. The molecular weight excluding hydrogens is 354 g/mol. The minimum Gasteiger partial charge on any atom is -0.354 e. The largest absolute Gasteiger partial charge is 0.354 e. The lowest BCUT2D eigenvalue weighted by Crippen LogP contribution is -2.35. The molecule has 3 aromatic rings. The molecule has 0 radical (unpaired) electrons. The Kier molecular flexibility index (Phi) is 6.37. The van der Waals surface area contributed by atoms with Gasteiger partial charge in [-0.1, -0.05) is 60.2 Å². The molecule has 1 aromatic heterocycles. The fourth-order valence-corrected chi connectivity index (χ4v) is 3.75. The Hall–Kier alpha value is -2.50. The summed E-state index contributed by atoms with van der Waals surface area (Å²) in [5, 5.41) is 5.97. The summed E-state index contributed by atoms with van der Waals surface area (Å²) in [6, 6.07) is 18.6. The molecule has 0 saturated heterocycles. The summed E-state index contributed by atoms with van der Waals surface area (Å²) in [5.41, 5.74) is 4.33. The van der Waals surface area contributed by atoms with Crippen molar-refractivity contribution in [3.8, 4) is 10.6 Å². The second-order valence-corrected chi connectivity index (χ2v) is 7.74. The van der Waals surface area contributed by atoms with Crippen LogP contribution in [0.1, 0.15) is 22.9 Å². The number of hydrogen-bond acceptors (Lipinski definition) is 4. The average molecular weight is 380 g/mol. The summed E-state index contributed by atoms with van der Waals surface area (Å²) < 4.78 is 0. The molecule has 1 heterocycles. The molecule has 1 N–H and O–H groups in total. The van der Waals surface area contributed by atoms with Gasteiger partial charge >= 0.3 is 0 Å². The molecule has 1 amide bonds. The van der Waals surface area contributed by atoms with Crippen molar-refractivity contribution >= 4 is 17.2 Å². The lowest BCUT2D eigenvalue weighted by atomic mass is 10.0. The lowest BCUT2D eigenvalue weighted by Gasteiger charge is -2.25. The molecule has 1 unspecified atom stereocenters. The minimum absolute atomic E-state index is 0.00104. The number of hydrogen-bond donors (Lipinski definition) is 1. The van der Waals surface area contributed by atoms with Gasteiger partial charge in [-0.2, -0.15) is 0 Å². The van der Waals surface area contributed by atoms with Gasteiger partial charge in [-0.25, -0.2) is 4.98 Å². The van der Waals surface area contributed by atoms with E-state index in [2.05, 4.69) is 46.4 Å². The number of nitrogens with zero attached hydrogens (tertiary/aromatic N) is 2. The Morgan fingerprint density at radius 2 is 1.81 bits per heavy atom. The maximum Gasteiger partial charge on any atom is 0.226 e. The van der Waals surface area contributed by atoms with E-state index in [9.17, 15) is 4.79 Å². The number of benzene rings is 2. The van der Waals surface area contributed by atoms with Crippen LogP contribution in [-0.2, 0) is 11.2 Å². The van der Waals surface area contributed by atoms with Crippen LogP contribution in [0.3, 0.4) is 0 Å². The van der Waals surface area contributed by atoms with Gasteiger partial charge in [0, 0.05) is 17.5 Å². The van der Waals surface area contributed by atoms with Crippen molar-refractivity contribution in [3.05, 3.63) is 76.8 Å². The van der Waals surface area contributed by atoms with Crippen LogP contribution in [0.15, 0.2) is 60.0 Å².